The van der Waals surface area contributed by atoms with Gasteiger partial charge in [-0.2, -0.15) is 0 Å². The van der Waals surface area contributed by atoms with Crippen LogP contribution in [0.4, 0.5) is 0 Å². The number of benzene rings is 2. The van der Waals surface area contributed by atoms with E-state index in [-0.39, 0.29) is 17.9 Å². The lowest BCUT2D eigenvalue weighted by Gasteiger charge is -2.22. The van der Waals surface area contributed by atoms with Crippen LogP contribution in [-0.2, 0) is 11.2 Å². The second-order valence-electron chi connectivity index (χ2n) is 6.62. The Morgan fingerprint density at radius 2 is 1.61 bits per heavy atom. The van der Waals surface area contributed by atoms with Crippen LogP contribution in [0.3, 0.4) is 0 Å². The molecule has 0 bridgehead atoms. The molecule has 2 amide bonds. The third-order valence-corrected chi connectivity index (χ3v) is 5.53. The molecular weight excluding hydrogens is 368 g/mol. The largest absolute Gasteiger partial charge is 0.347 e. The first kappa shape index (κ1) is 19.8. The van der Waals surface area contributed by atoms with Gasteiger partial charge in [0.1, 0.15) is 6.04 Å². The van der Waals surface area contributed by atoms with E-state index < -0.39 is 6.04 Å². The minimum Gasteiger partial charge on any atom is -0.347 e. The number of nitrogens with one attached hydrogen (secondary N) is 2. The Balaban J connectivity index is 1.76. The zero-order valence-corrected chi connectivity index (χ0v) is 16.8. The Morgan fingerprint density at radius 3 is 2.21 bits per heavy atom. The van der Waals surface area contributed by atoms with Crippen molar-refractivity contribution in [1.29, 1.82) is 0 Å². The van der Waals surface area contributed by atoms with Crippen molar-refractivity contribution in [3.8, 4) is 0 Å². The van der Waals surface area contributed by atoms with E-state index in [1.807, 2.05) is 60.8 Å². The summed E-state index contributed by atoms with van der Waals surface area (Å²) in [6.07, 6.45) is 0.978. The summed E-state index contributed by atoms with van der Waals surface area (Å²) >= 11 is 1.35. The molecule has 0 radical (unpaired) electrons. The molecule has 0 aliphatic carbocycles. The SMILES string of the molecule is CCc1ccc([C@H](C)NC(=O)[C@@H](NC(=O)c2cccs2)c2ccccc2)cc1. The third kappa shape index (κ3) is 4.87. The molecule has 1 aromatic heterocycles. The lowest BCUT2D eigenvalue weighted by atomic mass is 10.0. The van der Waals surface area contributed by atoms with Gasteiger partial charge in [-0.25, -0.2) is 0 Å². The normalized spacial score (nSPS) is 12.8. The maximum absolute atomic E-state index is 13.0. The molecule has 2 atom stereocenters. The number of amides is 2. The van der Waals surface area contributed by atoms with Gasteiger partial charge < -0.3 is 10.6 Å². The summed E-state index contributed by atoms with van der Waals surface area (Å²) in [5, 5.41) is 7.74. The highest BCUT2D eigenvalue weighted by Gasteiger charge is 2.25. The summed E-state index contributed by atoms with van der Waals surface area (Å²) in [5.41, 5.74) is 3.04. The Labute approximate surface area is 169 Å². The molecule has 3 aromatic rings. The van der Waals surface area contributed by atoms with Gasteiger partial charge in [0.05, 0.1) is 10.9 Å². The fourth-order valence-corrected chi connectivity index (χ4v) is 3.60. The van der Waals surface area contributed by atoms with E-state index in [4.69, 9.17) is 0 Å². The minimum absolute atomic E-state index is 0.164. The van der Waals surface area contributed by atoms with Gasteiger partial charge in [-0.15, -0.1) is 11.3 Å². The molecule has 0 unspecified atom stereocenters. The number of rotatable bonds is 7. The summed E-state index contributed by atoms with van der Waals surface area (Å²) in [5.74, 6) is -0.484. The number of hydrogen-bond acceptors (Lipinski definition) is 3. The number of carbonyl (C=O) groups is 2. The number of hydrogen-bond donors (Lipinski definition) is 2. The molecule has 0 spiro atoms. The van der Waals surface area contributed by atoms with Crippen LogP contribution < -0.4 is 10.6 Å². The maximum Gasteiger partial charge on any atom is 0.262 e. The molecule has 4 nitrogen and oxygen atoms in total. The van der Waals surface area contributed by atoms with Crippen molar-refractivity contribution in [3.63, 3.8) is 0 Å². The topological polar surface area (TPSA) is 58.2 Å². The van der Waals surface area contributed by atoms with Crippen LogP contribution in [0.15, 0.2) is 72.1 Å². The molecule has 28 heavy (non-hydrogen) atoms. The second-order valence-corrected chi connectivity index (χ2v) is 7.57. The van der Waals surface area contributed by atoms with Crippen LogP contribution in [0.25, 0.3) is 0 Å². The smallest absolute Gasteiger partial charge is 0.262 e. The molecule has 0 saturated heterocycles. The quantitative estimate of drug-likeness (QED) is 0.614. The molecule has 0 aliphatic heterocycles. The average molecular weight is 393 g/mol. The zero-order valence-electron chi connectivity index (χ0n) is 16.0. The van der Waals surface area contributed by atoms with Crippen molar-refractivity contribution in [3.05, 3.63) is 93.7 Å². The van der Waals surface area contributed by atoms with Gasteiger partial charge in [-0.05, 0) is 41.5 Å². The van der Waals surface area contributed by atoms with Crippen molar-refractivity contribution in [2.75, 3.05) is 0 Å². The minimum atomic E-state index is -0.756. The van der Waals surface area contributed by atoms with Crippen LogP contribution in [0.5, 0.6) is 0 Å². The van der Waals surface area contributed by atoms with Gasteiger partial charge >= 0.3 is 0 Å². The van der Waals surface area contributed by atoms with Crippen molar-refractivity contribution in [2.45, 2.75) is 32.4 Å². The summed E-state index contributed by atoms with van der Waals surface area (Å²) in [4.78, 5) is 26.2. The lowest BCUT2D eigenvalue weighted by molar-refractivity contribution is -0.123. The Hall–Kier alpha value is -2.92. The second kappa shape index (κ2) is 9.33. The maximum atomic E-state index is 13.0. The van der Waals surface area contributed by atoms with E-state index in [9.17, 15) is 9.59 Å². The molecule has 0 fully saturated rings. The monoisotopic (exact) mass is 392 g/mol. The van der Waals surface area contributed by atoms with Gasteiger partial charge in [0.15, 0.2) is 0 Å². The van der Waals surface area contributed by atoms with E-state index in [1.54, 1.807) is 6.07 Å². The summed E-state index contributed by atoms with van der Waals surface area (Å²) < 4.78 is 0. The molecule has 144 valence electrons. The molecule has 2 aromatic carbocycles. The Morgan fingerprint density at radius 1 is 0.893 bits per heavy atom. The highest BCUT2D eigenvalue weighted by Crippen LogP contribution is 2.19. The number of aryl methyl sites for hydroxylation is 1. The summed E-state index contributed by atoms with van der Waals surface area (Å²) in [6.45, 7) is 4.06. The van der Waals surface area contributed by atoms with Gasteiger partial charge in [0, 0.05) is 0 Å². The molecule has 3 rings (SSSR count). The van der Waals surface area contributed by atoms with Crippen LogP contribution >= 0.6 is 11.3 Å². The van der Waals surface area contributed by atoms with E-state index >= 15 is 0 Å². The molecule has 0 aliphatic rings. The highest BCUT2D eigenvalue weighted by atomic mass is 32.1. The predicted octanol–water partition coefficient (Wildman–Crippen LogP) is 4.66. The Kier molecular flexibility index (Phi) is 6.61. The zero-order chi connectivity index (χ0) is 19.9. The predicted molar refractivity (Wildman–Crippen MR) is 113 cm³/mol. The fourth-order valence-electron chi connectivity index (χ4n) is 2.98. The first-order valence-corrected chi connectivity index (χ1v) is 10.2. The van der Waals surface area contributed by atoms with Gasteiger partial charge in [0.25, 0.3) is 5.91 Å². The van der Waals surface area contributed by atoms with Crippen molar-refractivity contribution >= 4 is 23.2 Å². The van der Waals surface area contributed by atoms with Crippen LogP contribution in [0, 0.1) is 0 Å². The van der Waals surface area contributed by atoms with Crippen molar-refractivity contribution < 1.29 is 9.59 Å². The van der Waals surface area contributed by atoms with Crippen molar-refractivity contribution in [2.24, 2.45) is 0 Å². The molecule has 2 N–H and O–H groups in total. The van der Waals surface area contributed by atoms with Gasteiger partial charge in [-0.3, -0.25) is 9.59 Å². The molecular formula is C23H24N2O2S. The highest BCUT2D eigenvalue weighted by molar-refractivity contribution is 7.12. The van der Waals surface area contributed by atoms with E-state index in [1.165, 1.54) is 16.9 Å². The third-order valence-electron chi connectivity index (χ3n) is 4.66. The molecule has 0 saturated carbocycles. The van der Waals surface area contributed by atoms with Crippen molar-refractivity contribution in [1.82, 2.24) is 10.6 Å². The van der Waals surface area contributed by atoms with E-state index in [0.717, 1.165) is 17.5 Å². The standard InChI is InChI=1S/C23H24N2O2S/c1-3-17-11-13-18(14-12-17)16(2)24-23(27)21(19-8-5-4-6-9-19)25-22(26)20-10-7-15-28-20/h4-16,21H,3H2,1-2H3,(H,24,27)(H,25,26)/t16-,21-/m0/s1. The van der Waals surface area contributed by atoms with Gasteiger partial charge in [-0.1, -0.05) is 67.6 Å². The Bertz CT molecular complexity index is 906. The molecule has 5 heteroatoms. The summed E-state index contributed by atoms with van der Waals surface area (Å²) in [6, 6.07) is 20.2. The number of carbonyl (C=O) groups excluding carboxylic acids is 2. The van der Waals surface area contributed by atoms with Crippen LogP contribution in [0.1, 0.15) is 52.3 Å². The van der Waals surface area contributed by atoms with Crippen LogP contribution in [0.2, 0.25) is 0 Å². The number of thiophene rings is 1. The van der Waals surface area contributed by atoms with Gasteiger partial charge in [0.2, 0.25) is 5.91 Å². The van der Waals surface area contributed by atoms with Crippen LogP contribution in [-0.4, -0.2) is 11.8 Å². The molecule has 1 heterocycles. The van der Waals surface area contributed by atoms with E-state index in [2.05, 4.69) is 29.7 Å². The summed E-state index contributed by atoms with van der Waals surface area (Å²) in [7, 11) is 0. The fraction of sp³-hybridized carbons (Fsp3) is 0.217. The first-order valence-electron chi connectivity index (χ1n) is 9.37. The average Bonchev–Trinajstić information content (AvgIpc) is 3.27. The van der Waals surface area contributed by atoms with E-state index in [0.29, 0.717) is 4.88 Å². The first-order chi connectivity index (χ1) is 13.6. The lowest BCUT2D eigenvalue weighted by Crippen LogP contribution is -2.41.